The molecule has 4 unspecified atom stereocenters. The van der Waals surface area contributed by atoms with Gasteiger partial charge in [0.1, 0.15) is 0 Å². The van der Waals surface area contributed by atoms with Crippen LogP contribution in [0, 0.1) is 29.6 Å². The topological polar surface area (TPSA) is 112 Å². The lowest BCUT2D eigenvalue weighted by Crippen LogP contribution is -2.46. The number of rotatable bonds is 5. The third-order valence-corrected chi connectivity index (χ3v) is 5.43. The molecule has 0 bridgehead atoms. The van der Waals surface area contributed by atoms with Crippen molar-refractivity contribution in [3.8, 4) is 0 Å². The molecule has 0 aromatic carbocycles. The molecule has 0 radical (unpaired) electrons. The molecular weight excluding hydrogens is 288 g/mol. The Balaban J connectivity index is 2.17. The van der Waals surface area contributed by atoms with Gasteiger partial charge in [-0.2, -0.15) is 0 Å². The Morgan fingerprint density at radius 1 is 0.727 bits per heavy atom. The van der Waals surface area contributed by atoms with Crippen molar-refractivity contribution in [2.75, 3.05) is 0 Å². The highest BCUT2D eigenvalue weighted by Gasteiger charge is 2.50. The Morgan fingerprint density at radius 2 is 1.32 bits per heavy atom. The lowest BCUT2D eigenvalue weighted by atomic mass is 9.63. The predicted octanol–water partition coefficient (Wildman–Crippen LogP) is 2.47. The van der Waals surface area contributed by atoms with Gasteiger partial charge in [-0.05, 0) is 31.1 Å². The minimum atomic E-state index is -1.32. The number of hydrogen-bond donors (Lipinski definition) is 3. The minimum absolute atomic E-state index is 0.225. The Labute approximate surface area is 129 Å². The van der Waals surface area contributed by atoms with Crippen molar-refractivity contribution in [2.45, 2.75) is 51.4 Å². The van der Waals surface area contributed by atoms with E-state index in [1.54, 1.807) is 0 Å². The van der Waals surface area contributed by atoms with Crippen LogP contribution in [0.1, 0.15) is 51.4 Å². The van der Waals surface area contributed by atoms with Crippen LogP contribution in [0.2, 0.25) is 0 Å². The largest absolute Gasteiger partial charge is 0.481 e. The number of aliphatic carboxylic acids is 3. The van der Waals surface area contributed by atoms with Crippen molar-refractivity contribution >= 4 is 17.9 Å². The van der Waals surface area contributed by atoms with Gasteiger partial charge in [0, 0.05) is 0 Å². The van der Waals surface area contributed by atoms with Crippen molar-refractivity contribution in [1.82, 2.24) is 0 Å². The summed E-state index contributed by atoms with van der Waals surface area (Å²) in [5, 5.41) is 28.1. The number of hydrogen-bond acceptors (Lipinski definition) is 3. The summed E-state index contributed by atoms with van der Waals surface area (Å²) >= 11 is 0. The molecule has 2 aliphatic rings. The molecule has 2 saturated carbocycles. The summed E-state index contributed by atoms with van der Waals surface area (Å²) in [4.78, 5) is 34.4. The molecule has 0 spiro atoms. The smallest absolute Gasteiger partial charge is 0.308 e. The summed E-state index contributed by atoms with van der Waals surface area (Å²) in [6, 6.07) is 0. The lowest BCUT2D eigenvalue weighted by Gasteiger charge is -2.39. The molecule has 0 aromatic heterocycles. The fourth-order valence-electron chi connectivity index (χ4n) is 4.37. The van der Waals surface area contributed by atoms with E-state index >= 15 is 0 Å². The second-order valence-electron chi connectivity index (χ2n) is 6.75. The summed E-state index contributed by atoms with van der Waals surface area (Å²) in [7, 11) is 0. The van der Waals surface area contributed by atoms with Gasteiger partial charge in [-0.1, -0.05) is 32.1 Å². The molecule has 0 saturated heterocycles. The van der Waals surface area contributed by atoms with Crippen LogP contribution >= 0.6 is 0 Å². The van der Waals surface area contributed by atoms with Crippen LogP contribution in [0.4, 0.5) is 0 Å². The number of carbonyl (C=O) groups is 3. The molecule has 3 N–H and O–H groups in total. The fourth-order valence-corrected chi connectivity index (χ4v) is 4.37. The maximum Gasteiger partial charge on any atom is 0.308 e. The lowest BCUT2D eigenvalue weighted by molar-refractivity contribution is -0.168. The summed E-state index contributed by atoms with van der Waals surface area (Å²) < 4.78 is 0. The van der Waals surface area contributed by atoms with Gasteiger partial charge in [0.25, 0.3) is 0 Å². The number of carboxylic acid groups (broad SMARTS) is 3. The predicted molar refractivity (Wildman–Crippen MR) is 77.3 cm³/mol. The average Bonchev–Trinajstić information content (AvgIpc) is 2.47. The summed E-state index contributed by atoms with van der Waals surface area (Å²) in [6.45, 7) is 0. The first-order chi connectivity index (χ1) is 10.4. The van der Waals surface area contributed by atoms with E-state index in [1.165, 1.54) is 6.42 Å². The summed E-state index contributed by atoms with van der Waals surface area (Å²) in [5.41, 5.74) is 0. The molecule has 124 valence electrons. The Kier molecular flexibility index (Phi) is 5.42. The second-order valence-corrected chi connectivity index (χ2v) is 6.75. The monoisotopic (exact) mass is 312 g/mol. The van der Waals surface area contributed by atoms with Gasteiger partial charge >= 0.3 is 17.9 Å². The molecule has 0 heterocycles. The first-order valence-electron chi connectivity index (χ1n) is 8.10. The quantitative estimate of drug-likeness (QED) is 0.719. The van der Waals surface area contributed by atoms with Gasteiger partial charge in [-0.15, -0.1) is 0 Å². The zero-order chi connectivity index (χ0) is 16.3. The van der Waals surface area contributed by atoms with Crippen LogP contribution in [0.3, 0.4) is 0 Å². The fraction of sp³-hybridized carbons (Fsp3) is 0.812. The van der Waals surface area contributed by atoms with Gasteiger partial charge in [0.15, 0.2) is 0 Å². The highest BCUT2D eigenvalue weighted by molar-refractivity contribution is 5.85. The van der Waals surface area contributed by atoms with Crippen molar-refractivity contribution in [3.05, 3.63) is 0 Å². The van der Waals surface area contributed by atoms with Crippen LogP contribution in [-0.2, 0) is 14.4 Å². The zero-order valence-electron chi connectivity index (χ0n) is 12.6. The zero-order valence-corrected chi connectivity index (χ0v) is 12.6. The van der Waals surface area contributed by atoms with Crippen LogP contribution in [0.15, 0.2) is 0 Å². The summed E-state index contributed by atoms with van der Waals surface area (Å²) in [5.74, 6) is -6.94. The van der Waals surface area contributed by atoms with Crippen molar-refractivity contribution in [3.63, 3.8) is 0 Å². The van der Waals surface area contributed by atoms with Crippen LogP contribution in [0.5, 0.6) is 0 Å². The maximum absolute atomic E-state index is 11.6. The van der Waals surface area contributed by atoms with E-state index in [9.17, 15) is 29.7 Å². The van der Waals surface area contributed by atoms with Crippen LogP contribution in [-0.4, -0.2) is 33.2 Å². The highest BCUT2D eigenvalue weighted by atomic mass is 16.4. The molecule has 0 aromatic rings. The Morgan fingerprint density at radius 3 is 1.82 bits per heavy atom. The van der Waals surface area contributed by atoms with Gasteiger partial charge in [0.05, 0.1) is 17.8 Å². The van der Waals surface area contributed by atoms with E-state index in [2.05, 4.69) is 0 Å². The second kappa shape index (κ2) is 7.11. The molecular formula is C16H24O6. The maximum atomic E-state index is 11.6. The molecule has 0 aliphatic heterocycles. The van der Waals surface area contributed by atoms with Gasteiger partial charge < -0.3 is 15.3 Å². The molecule has 2 rings (SSSR count). The van der Waals surface area contributed by atoms with Crippen molar-refractivity contribution in [1.29, 1.82) is 0 Å². The third-order valence-electron chi connectivity index (χ3n) is 5.43. The molecule has 6 heteroatoms. The molecule has 4 atom stereocenters. The molecule has 2 fully saturated rings. The number of carboxylic acids is 3. The van der Waals surface area contributed by atoms with E-state index in [4.69, 9.17) is 0 Å². The van der Waals surface area contributed by atoms with E-state index in [0.29, 0.717) is 18.8 Å². The van der Waals surface area contributed by atoms with Crippen molar-refractivity contribution in [2.24, 2.45) is 29.6 Å². The van der Waals surface area contributed by atoms with Gasteiger partial charge in [-0.25, -0.2) is 0 Å². The van der Waals surface area contributed by atoms with Gasteiger partial charge in [-0.3, -0.25) is 14.4 Å². The molecule has 2 aliphatic carbocycles. The Bertz CT molecular complexity index is 440. The third kappa shape index (κ3) is 3.59. The SMILES string of the molecule is O=C(O)C1CCC(CC2CCCCC2)C(C(=O)O)C1C(=O)O. The minimum Gasteiger partial charge on any atom is -0.481 e. The molecule has 6 nitrogen and oxygen atoms in total. The standard InChI is InChI=1S/C16H24O6/c17-14(18)11-7-6-10(8-9-4-2-1-3-5-9)12(15(19)20)13(11)16(21)22/h9-13H,1-8H2,(H,17,18)(H,19,20)(H,21,22). The first kappa shape index (κ1) is 16.8. The summed E-state index contributed by atoms with van der Waals surface area (Å²) in [6.07, 6.45) is 7.12. The first-order valence-corrected chi connectivity index (χ1v) is 8.10. The van der Waals surface area contributed by atoms with E-state index < -0.39 is 35.7 Å². The van der Waals surface area contributed by atoms with Crippen molar-refractivity contribution < 1.29 is 29.7 Å². The van der Waals surface area contributed by atoms with E-state index in [-0.39, 0.29) is 12.3 Å². The molecule has 0 amide bonds. The normalized spacial score (nSPS) is 33.3. The van der Waals surface area contributed by atoms with Crippen LogP contribution < -0.4 is 0 Å². The average molecular weight is 312 g/mol. The van der Waals surface area contributed by atoms with E-state index in [0.717, 1.165) is 25.7 Å². The van der Waals surface area contributed by atoms with Crippen LogP contribution in [0.25, 0.3) is 0 Å². The Hall–Kier alpha value is -1.59. The van der Waals surface area contributed by atoms with E-state index in [1.807, 2.05) is 0 Å². The highest BCUT2D eigenvalue weighted by Crippen LogP contribution is 2.44. The van der Waals surface area contributed by atoms with Gasteiger partial charge in [0.2, 0.25) is 0 Å². The molecule has 22 heavy (non-hydrogen) atoms.